The summed E-state index contributed by atoms with van der Waals surface area (Å²) >= 11 is 11.8. The Bertz CT molecular complexity index is 987. The molecule has 0 amide bonds. The summed E-state index contributed by atoms with van der Waals surface area (Å²) in [5, 5.41) is 4.71. The maximum absolute atomic E-state index is 6.02. The normalized spacial score (nSPS) is 10.5. The largest absolute Gasteiger partial charge is 0.497 e. The van der Waals surface area contributed by atoms with Crippen molar-refractivity contribution >= 4 is 40.3 Å². The molecule has 0 saturated heterocycles. The van der Waals surface area contributed by atoms with E-state index in [0.29, 0.717) is 23.2 Å². The van der Waals surface area contributed by atoms with Crippen LogP contribution < -0.4 is 15.0 Å². The van der Waals surface area contributed by atoms with Crippen LogP contribution in [0.2, 0.25) is 5.02 Å². The van der Waals surface area contributed by atoms with E-state index in [0.717, 1.165) is 30.1 Å². The third-order valence-electron chi connectivity index (χ3n) is 5.35. The number of anilines is 2. The van der Waals surface area contributed by atoms with Gasteiger partial charge in [-0.15, -0.1) is 0 Å². The molecule has 6 heteroatoms. The van der Waals surface area contributed by atoms with E-state index >= 15 is 0 Å². The standard InChI is InChI=1S/C26H30ClN3OS/c1-4-29(5-2)24-14-6-20(7-15-24)18-30(19-21-8-16-25(31-3)17-9-21)26(32)28-23-12-10-22(27)11-13-23/h6-17H,4-5,18-19H2,1-3H3,(H,28,32). The molecule has 0 heterocycles. The molecule has 0 radical (unpaired) electrons. The summed E-state index contributed by atoms with van der Waals surface area (Å²) in [5.41, 5.74) is 4.51. The third kappa shape index (κ3) is 6.62. The fraction of sp³-hybridized carbons (Fsp3) is 0.269. The van der Waals surface area contributed by atoms with Gasteiger partial charge >= 0.3 is 0 Å². The number of hydrogen-bond donors (Lipinski definition) is 1. The van der Waals surface area contributed by atoms with Crippen molar-refractivity contribution in [2.24, 2.45) is 0 Å². The van der Waals surface area contributed by atoms with Crippen LogP contribution in [-0.4, -0.2) is 30.2 Å². The Balaban J connectivity index is 1.78. The first-order chi connectivity index (χ1) is 15.5. The van der Waals surface area contributed by atoms with Crippen LogP contribution in [0.5, 0.6) is 5.75 Å². The molecular formula is C26H30ClN3OS. The van der Waals surface area contributed by atoms with E-state index in [-0.39, 0.29) is 0 Å². The molecule has 0 spiro atoms. The monoisotopic (exact) mass is 467 g/mol. The average molecular weight is 468 g/mol. The number of methoxy groups -OCH3 is 1. The summed E-state index contributed by atoms with van der Waals surface area (Å²) in [6.07, 6.45) is 0. The van der Waals surface area contributed by atoms with Crippen molar-refractivity contribution < 1.29 is 4.74 Å². The molecule has 0 aliphatic heterocycles. The molecule has 0 fully saturated rings. The van der Waals surface area contributed by atoms with Crippen molar-refractivity contribution in [3.8, 4) is 5.75 Å². The van der Waals surface area contributed by atoms with Gasteiger partial charge in [-0.2, -0.15) is 0 Å². The van der Waals surface area contributed by atoms with E-state index in [1.807, 2.05) is 36.4 Å². The molecule has 168 valence electrons. The van der Waals surface area contributed by atoms with Gasteiger partial charge in [-0.3, -0.25) is 0 Å². The van der Waals surface area contributed by atoms with E-state index < -0.39 is 0 Å². The lowest BCUT2D eigenvalue weighted by Crippen LogP contribution is -2.33. The Morgan fingerprint density at radius 1 is 0.844 bits per heavy atom. The number of halogens is 1. The lowest BCUT2D eigenvalue weighted by Gasteiger charge is -2.27. The first kappa shape index (κ1) is 23.9. The van der Waals surface area contributed by atoms with Gasteiger partial charge in [0.15, 0.2) is 5.11 Å². The second-order valence-electron chi connectivity index (χ2n) is 7.48. The molecule has 4 nitrogen and oxygen atoms in total. The number of thiocarbonyl (C=S) groups is 1. The van der Waals surface area contributed by atoms with Crippen LogP contribution in [0.4, 0.5) is 11.4 Å². The highest BCUT2D eigenvalue weighted by atomic mass is 35.5. The van der Waals surface area contributed by atoms with Gasteiger partial charge < -0.3 is 19.9 Å². The smallest absolute Gasteiger partial charge is 0.174 e. The quantitative estimate of drug-likeness (QED) is 0.358. The van der Waals surface area contributed by atoms with E-state index in [1.54, 1.807) is 7.11 Å². The van der Waals surface area contributed by atoms with Crippen LogP contribution in [-0.2, 0) is 13.1 Å². The fourth-order valence-electron chi connectivity index (χ4n) is 3.51. The lowest BCUT2D eigenvalue weighted by molar-refractivity contribution is 0.407. The minimum atomic E-state index is 0.663. The van der Waals surface area contributed by atoms with Crippen LogP contribution >= 0.6 is 23.8 Å². The van der Waals surface area contributed by atoms with Gasteiger partial charge in [0.2, 0.25) is 0 Å². The molecule has 1 N–H and O–H groups in total. The van der Waals surface area contributed by atoms with E-state index in [2.05, 4.69) is 65.4 Å². The van der Waals surface area contributed by atoms with Crippen molar-refractivity contribution in [2.45, 2.75) is 26.9 Å². The molecule has 0 saturated carbocycles. The van der Waals surface area contributed by atoms with Crippen LogP contribution in [0.3, 0.4) is 0 Å². The number of benzene rings is 3. The minimum Gasteiger partial charge on any atom is -0.497 e. The number of nitrogens with one attached hydrogen (secondary N) is 1. The van der Waals surface area contributed by atoms with Crippen molar-refractivity contribution in [3.63, 3.8) is 0 Å². The Hall–Kier alpha value is -2.76. The summed E-state index contributed by atoms with van der Waals surface area (Å²) in [5.74, 6) is 0.842. The van der Waals surface area contributed by atoms with Crippen molar-refractivity contribution in [2.75, 3.05) is 30.4 Å². The van der Waals surface area contributed by atoms with E-state index in [9.17, 15) is 0 Å². The SMILES string of the molecule is CCN(CC)c1ccc(CN(Cc2ccc(OC)cc2)C(=S)Nc2ccc(Cl)cc2)cc1. The van der Waals surface area contributed by atoms with Crippen LogP contribution in [0.1, 0.15) is 25.0 Å². The molecule has 32 heavy (non-hydrogen) atoms. The molecule has 0 bridgehead atoms. The van der Waals surface area contributed by atoms with Crippen molar-refractivity contribution in [1.82, 2.24) is 4.90 Å². The van der Waals surface area contributed by atoms with Gasteiger partial charge in [0, 0.05) is 42.6 Å². The molecule has 0 aliphatic carbocycles. The van der Waals surface area contributed by atoms with Gasteiger partial charge in [-0.1, -0.05) is 35.9 Å². The number of hydrogen-bond acceptors (Lipinski definition) is 3. The number of ether oxygens (including phenoxy) is 1. The molecule has 3 aromatic rings. The highest BCUT2D eigenvalue weighted by Gasteiger charge is 2.13. The molecule has 3 rings (SSSR count). The molecule has 0 aromatic heterocycles. The van der Waals surface area contributed by atoms with Gasteiger partial charge in [-0.05, 0) is 85.7 Å². The second kappa shape index (κ2) is 11.7. The molecule has 0 atom stereocenters. The number of nitrogens with zero attached hydrogens (tertiary/aromatic N) is 2. The highest BCUT2D eigenvalue weighted by Crippen LogP contribution is 2.20. The molecule has 0 aliphatic rings. The maximum Gasteiger partial charge on any atom is 0.174 e. The zero-order chi connectivity index (χ0) is 22.9. The first-order valence-electron chi connectivity index (χ1n) is 10.8. The van der Waals surface area contributed by atoms with Gasteiger partial charge in [0.25, 0.3) is 0 Å². The molecule has 3 aromatic carbocycles. The molecular weight excluding hydrogens is 438 g/mol. The van der Waals surface area contributed by atoms with Gasteiger partial charge in [-0.25, -0.2) is 0 Å². The van der Waals surface area contributed by atoms with Crippen molar-refractivity contribution in [3.05, 3.63) is 88.9 Å². The third-order valence-corrected chi connectivity index (χ3v) is 5.97. The maximum atomic E-state index is 6.02. The minimum absolute atomic E-state index is 0.663. The van der Waals surface area contributed by atoms with Crippen LogP contribution in [0, 0.1) is 0 Å². The topological polar surface area (TPSA) is 27.7 Å². The summed E-state index contributed by atoms with van der Waals surface area (Å²) < 4.78 is 5.29. The van der Waals surface area contributed by atoms with E-state index in [1.165, 1.54) is 11.3 Å². The Kier molecular flexibility index (Phi) is 8.77. The van der Waals surface area contributed by atoms with Crippen molar-refractivity contribution in [1.29, 1.82) is 0 Å². The number of rotatable bonds is 9. The van der Waals surface area contributed by atoms with Gasteiger partial charge in [0.1, 0.15) is 5.75 Å². The zero-order valence-corrected chi connectivity index (χ0v) is 20.4. The fourth-order valence-corrected chi connectivity index (χ4v) is 3.88. The Morgan fingerprint density at radius 2 is 1.38 bits per heavy atom. The lowest BCUT2D eigenvalue weighted by atomic mass is 10.1. The predicted molar refractivity (Wildman–Crippen MR) is 140 cm³/mol. The highest BCUT2D eigenvalue weighted by molar-refractivity contribution is 7.80. The molecule has 0 unspecified atom stereocenters. The Morgan fingerprint density at radius 3 is 1.88 bits per heavy atom. The summed E-state index contributed by atoms with van der Waals surface area (Å²) in [7, 11) is 1.67. The average Bonchev–Trinajstić information content (AvgIpc) is 2.82. The van der Waals surface area contributed by atoms with Crippen LogP contribution in [0.25, 0.3) is 0 Å². The predicted octanol–water partition coefficient (Wildman–Crippen LogP) is 6.59. The van der Waals surface area contributed by atoms with E-state index in [4.69, 9.17) is 28.6 Å². The zero-order valence-electron chi connectivity index (χ0n) is 18.8. The van der Waals surface area contributed by atoms with Crippen LogP contribution in [0.15, 0.2) is 72.8 Å². The second-order valence-corrected chi connectivity index (χ2v) is 8.30. The van der Waals surface area contributed by atoms with Gasteiger partial charge in [0.05, 0.1) is 7.11 Å². The first-order valence-corrected chi connectivity index (χ1v) is 11.6. The summed E-state index contributed by atoms with van der Waals surface area (Å²) in [6, 6.07) is 24.4. The Labute approximate surface area is 201 Å². The summed E-state index contributed by atoms with van der Waals surface area (Å²) in [4.78, 5) is 4.50. The summed E-state index contributed by atoms with van der Waals surface area (Å²) in [6.45, 7) is 7.72.